The van der Waals surface area contributed by atoms with E-state index in [1.54, 1.807) is 12.1 Å². The van der Waals surface area contributed by atoms with Crippen molar-refractivity contribution in [1.29, 1.82) is 0 Å². The Morgan fingerprint density at radius 3 is 2.35 bits per heavy atom. The third-order valence-corrected chi connectivity index (χ3v) is 3.11. The number of nitrogens with zero attached hydrogens (tertiary/aromatic N) is 1. The van der Waals surface area contributed by atoms with E-state index in [0.29, 0.717) is 5.69 Å². The molecular weight excluding hydrogens is 300 g/mol. The molecule has 0 atom stereocenters. The molecule has 0 unspecified atom stereocenters. The molecule has 23 heavy (non-hydrogen) atoms. The lowest BCUT2D eigenvalue weighted by Crippen LogP contribution is -2.11. The molecular formula is C16H14N2O5. The van der Waals surface area contributed by atoms with Gasteiger partial charge in [-0.3, -0.25) is 14.9 Å². The van der Waals surface area contributed by atoms with Gasteiger partial charge in [-0.25, -0.2) is 4.79 Å². The molecule has 0 radical (unpaired) electrons. The number of hydrogen-bond acceptors (Lipinski definition) is 5. The number of ether oxygens (including phenoxy) is 1. The number of rotatable bonds is 4. The van der Waals surface area contributed by atoms with Crippen molar-refractivity contribution >= 4 is 23.3 Å². The molecule has 0 aliphatic heterocycles. The maximum atomic E-state index is 12.2. The molecule has 0 spiro atoms. The van der Waals surface area contributed by atoms with Gasteiger partial charge < -0.3 is 10.1 Å². The van der Waals surface area contributed by atoms with Crippen molar-refractivity contribution in [3.8, 4) is 5.75 Å². The summed E-state index contributed by atoms with van der Waals surface area (Å²) < 4.78 is 5.20. The van der Waals surface area contributed by atoms with Gasteiger partial charge in [-0.15, -0.1) is 0 Å². The Morgan fingerprint density at radius 2 is 1.78 bits per heavy atom. The summed E-state index contributed by atoms with van der Waals surface area (Å²) in [5.41, 5.74) is 0.812. The average molecular weight is 314 g/mol. The molecule has 7 heteroatoms. The van der Waals surface area contributed by atoms with Gasteiger partial charge in [0, 0.05) is 24.2 Å². The minimum absolute atomic E-state index is 0.130. The van der Waals surface area contributed by atoms with Gasteiger partial charge in [0.25, 0.3) is 5.69 Å². The lowest BCUT2D eigenvalue weighted by Gasteiger charge is -2.08. The zero-order valence-corrected chi connectivity index (χ0v) is 12.5. The molecule has 0 fully saturated rings. The zero-order chi connectivity index (χ0) is 17.0. The Bertz CT molecular complexity index is 769. The Labute approximate surface area is 132 Å². The molecule has 0 bridgehead atoms. The molecule has 0 heterocycles. The summed E-state index contributed by atoms with van der Waals surface area (Å²) in [5.74, 6) is -0.615. The van der Waals surface area contributed by atoms with E-state index in [0.717, 1.165) is 0 Å². The largest absolute Gasteiger partial charge is 0.423 e. The highest BCUT2D eigenvalue weighted by Gasteiger charge is 2.19. The quantitative estimate of drug-likeness (QED) is 0.404. The lowest BCUT2D eigenvalue weighted by atomic mass is 10.1. The van der Waals surface area contributed by atoms with Crippen LogP contribution in [0.4, 0.5) is 11.4 Å². The van der Waals surface area contributed by atoms with Crippen molar-refractivity contribution in [2.45, 2.75) is 13.8 Å². The number of carbonyl (C=O) groups is 2. The molecule has 2 rings (SSSR count). The van der Waals surface area contributed by atoms with Gasteiger partial charge in [0.15, 0.2) is 0 Å². The third kappa shape index (κ3) is 3.91. The van der Waals surface area contributed by atoms with E-state index in [2.05, 4.69) is 5.32 Å². The van der Waals surface area contributed by atoms with Gasteiger partial charge in [0.1, 0.15) is 5.75 Å². The lowest BCUT2D eigenvalue weighted by molar-refractivity contribution is -0.385. The number of carbonyl (C=O) groups excluding carboxylic acids is 2. The second-order valence-electron chi connectivity index (χ2n) is 4.80. The topological polar surface area (TPSA) is 98.5 Å². The van der Waals surface area contributed by atoms with E-state index in [1.807, 2.05) is 0 Å². The van der Waals surface area contributed by atoms with Gasteiger partial charge in [-0.2, -0.15) is 0 Å². The van der Waals surface area contributed by atoms with Crippen LogP contribution in [-0.4, -0.2) is 16.8 Å². The second-order valence-corrected chi connectivity index (χ2v) is 4.80. The number of anilines is 1. The summed E-state index contributed by atoms with van der Waals surface area (Å²) in [6.45, 7) is 2.88. The predicted molar refractivity (Wildman–Crippen MR) is 83.5 cm³/mol. The third-order valence-electron chi connectivity index (χ3n) is 3.11. The van der Waals surface area contributed by atoms with Crippen LogP contribution < -0.4 is 10.1 Å². The molecule has 1 amide bonds. The van der Waals surface area contributed by atoms with Crippen LogP contribution in [0.5, 0.6) is 5.75 Å². The summed E-state index contributed by atoms with van der Waals surface area (Å²) in [5, 5.41) is 13.5. The number of hydrogen-bond donors (Lipinski definition) is 1. The van der Waals surface area contributed by atoms with Gasteiger partial charge in [-0.1, -0.05) is 6.07 Å². The first-order chi connectivity index (χ1) is 10.9. The molecule has 0 saturated carbocycles. The van der Waals surface area contributed by atoms with Crippen LogP contribution in [0.1, 0.15) is 22.8 Å². The van der Waals surface area contributed by atoms with Crippen LogP contribution in [0.15, 0.2) is 42.5 Å². The maximum absolute atomic E-state index is 12.2. The van der Waals surface area contributed by atoms with Gasteiger partial charge >= 0.3 is 5.97 Å². The Hall–Kier alpha value is -3.22. The number of benzene rings is 2. The standard InChI is InChI=1S/C16H14N2O5/c1-10-14(4-3-5-15(10)18(21)22)16(20)23-13-8-6-12(7-9-13)17-11(2)19/h3-9H,1-2H3,(H,17,19). The van der Waals surface area contributed by atoms with Crippen molar-refractivity contribution in [3.05, 3.63) is 63.7 Å². The second kappa shape index (κ2) is 6.69. The number of nitrogens with one attached hydrogen (secondary N) is 1. The molecule has 1 N–H and O–H groups in total. The number of nitro groups is 1. The van der Waals surface area contributed by atoms with Crippen LogP contribution in [0.3, 0.4) is 0 Å². The molecule has 0 aliphatic carbocycles. The van der Waals surface area contributed by atoms with Crippen LogP contribution in [0.2, 0.25) is 0 Å². The summed E-state index contributed by atoms with van der Waals surface area (Å²) in [6, 6.07) is 10.5. The highest BCUT2D eigenvalue weighted by Crippen LogP contribution is 2.23. The van der Waals surface area contributed by atoms with Crippen molar-refractivity contribution < 1.29 is 19.2 Å². The van der Waals surface area contributed by atoms with Crippen molar-refractivity contribution in [2.24, 2.45) is 0 Å². The fourth-order valence-corrected chi connectivity index (χ4v) is 2.01. The summed E-state index contributed by atoms with van der Waals surface area (Å²) in [4.78, 5) is 33.4. The minimum Gasteiger partial charge on any atom is -0.423 e. The highest BCUT2D eigenvalue weighted by atomic mass is 16.6. The molecule has 7 nitrogen and oxygen atoms in total. The van der Waals surface area contributed by atoms with Crippen LogP contribution in [0, 0.1) is 17.0 Å². The minimum atomic E-state index is -0.682. The first kappa shape index (κ1) is 16.2. The van der Waals surface area contributed by atoms with Crippen LogP contribution in [-0.2, 0) is 4.79 Å². The molecule has 0 saturated heterocycles. The molecule has 2 aromatic carbocycles. The van der Waals surface area contributed by atoms with Crippen LogP contribution >= 0.6 is 0 Å². The zero-order valence-electron chi connectivity index (χ0n) is 12.5. The molecule has 0 aliphatic rings. The van der Waals surface area contributed by atoms with Crippen molar-refractivity contribution in [3.63, 3.8) is 0 Å². The van der Waals surface area contributed by atoms with Gasteiger partial charge in [-0.05, 0) is 37.3 Å². The summed E-state index contributed by atoms with van der Waals surface area (Å²) >= 11 is 0. The smallest absolute Gasteiger partial charge is 0.344 e. The average Bonchev–Trinajstić information content (AvgIpc) is 2.48. The SMILES string of the molecule is CC(=O)Nc1ccc(OC(=O)c2cccc([N+](=O)[O-])c2C)cc1. The van der Waals surface area contributed by atoms with E-state index in [9.17, 15) is 19.7 Å². The van der Waals surface area contributed by atoms with E-state index < -0.39 is 10.9 Å². The summed E-state index contributed by atoms with van der Waals surface area (Å²) in [7, 11) is 0. The van der Waals surface area contributed by atoms with Crippen LogP contribution in [0.25, 0.3) is 0 Å². The van der Waals surface area contributed by atoms with E-state index in [4.69, 9.17) is 4.74 Å². The Balaban J connectivity index is 2.18. The molecule has 118 valence electrons. The van der Waals surface area contributed by atoms with Crippen molar-refractivity contribution in [2.75, 3.05) is 5.32 Å². The monoisotopic (exact) mass is 314 g/mol. The Morgan fingerprint density at radius 1 is 1.13 bits per heavy atom. The fourth-order valence-electron chi connectivity index (χ4n) is 2.01. The number of nitro benzene ring substituents is 1. The number of esters is 1. The first-order valence-electron chi connectivity index (χ1n) is 6.72. The first-order valence-corrected chi connectivity index (χ1v) is 6.72. The van der Waals surface area contributed by atoms with E-state index >= 15 is 0 Å². The molecule has 0 aromatic heterocycles. The number of amides is 1. The van der Waals surface area contributed by atoms with E-state index in [-0.39, 0.29) is 28.5 Å². The fraction of sp³-hybridized carbons (Fsp3) is 0.125. The van der Waals surface area contributed by atoms with Gasteiger partial charge in [0.2, 0.25) is 5.91 Å². The molecule has 2 aromatic rings. The maximum Gasteiger partial charge on any atom is 0.344 e. The highest BCUT2D eigenvalue weighted by molar-refractivity contribution is 5.94. The van der Waals surface area contributed by atoms with E-state index in [1.165, 1.54) is 44.2 Å². The van der Waals surface area contributed by atoms with Crippen molar-refractivity contribution in [1.82, 2.24) is 0 Å². The Kier molecular flexibility index (Phi) is 4.70. The van der Waals surface area contributed by atoms with Gasteiger partial charge in [0.05, 0.1) is 10.5 Å². The normalized spacial score (nSPS) is 10.0. The predicted octanol–water partition coefficient (Wildman–Crippen LogP) is 3.08. The summed E-state index contributed by atoms with van der Waals surface area (Å²) in [6.07, 6.45) is 0.